The van der Waals surface area contributed by atoms with Gasteiger partial charge in [-0.15, -0.1) is 0 Å². The van der Waals surface area contributed by atoms with Crippen LogP contribution in [-0.4, -0.2) is 0 Å². The maximum absolute atomic E-state index is 8.15. The van der Waals surface area contributed by atoms with E-state index in [0.29, 0.717) is 12.2 Å². The summed E-state index contributed by atoms with van der Waals surface area (Å²) in [6.45, 7) is 7.95. The quantitative estimate of drug-likeness (QED) is 0.659. The summed E-state index contributed by atoms with van der Waals surface area (Å²) in [5.41, 5.74) is 6.15. The zero-order valence-corrected chi connectivity index (χ0v) is 11.2. The highest BCUT2D eigenvalue weighted by Crippen LogP contribution is 2.24. The highest BCUT2D eigenvalue weighted by molar-refractivity contribution is 5.64. The summed E-state index contributed by atoms with van der Waals surface area (Å²) in [6, 6.07) is 6.77. The Morgan fingerprint density at radius 2 is 1.71 bits per heavy atom. The molecule has 1 heterocycles. The lowest BCUT2D eigenvalue weighted by atomic mass is 9.99. The number of hydrogen-bond acceptors (Lipinski definition) is 0. The zero-order chi connectivity index (χ0) is 14.3. The van der Waals surface area contributed by atoms with E-state index in [2.05, 4.69) is 32.0 Å². The average molecular weight is 228 g/mol. The largest absolute Gasteiger partial charge is 0.215 e. The molecule has 88 valence electrons. The van der Waals surface area contributed by atoms with Crippen LogP contribution in [0.15, 0.2) is 30.4 Å². The van der Waals surface area contributed by atoms with Crippen LogP contribution < -0.4 is 4.57 Å². The number of pyridine rings is 1. The van der Waals surface area contributed by atoms with Crippen LogP contribution in [0, 0.1) is 27.7 Å². The fraction of sp³-hybridized carbons (Fsp3) is 0.312. The summed E-state index contributed by atoms with van der Waals surface area (Å²) < 4.78 is 18.2. The predicted molar refractivity (Wildman–Crippen MR) is 72.0 cm³/mol. The van der Waals surface area contributed by atoms with E-state index in [1.165, 1.54) is 11.1 Å². The standard InChI is InChI=1S/C16H20N/c1-11-6-7-15(13(3)8-11)16-14(4)9-12(2)10-17(16)5/h6-10H,1-5H3/q+1/i9D,10D. The normalized spacial score (nSPS) is 12.3. The van der Waals surface area contributed by atoms with Crippen LogP contribution in [-0.2, 0) is 7.05 Å². The van der Waals surface area contributed by atoms with E-state index in [0.717, 1.165) is 22.4 Å². The van der Waals surface area contributed by atoms with E-state index in [1.807, 2.05) is 25.5 Å². The lowest BCUT2D eigenvalue weighted by molar-refractivity contribution is -0.661. The molecule has 0 N–H and O–H groups in total. The molecule has 0 bridgehead atoms. The number of aromatic nitrogens is 1. The van der Waals surface area contributed by atoms with Crippen molar-refractivity contribution >= 4 is 0 Å². The predicted octanol–water partition coefficient (Wildman–Crippen LogP) is 3.41. The van der Waals surface area contributed by atoms with Gasteiger partial charge in [0.1, 0.15) is 8.42 Å². The Labute approximate surface area is 107 Å². The lowest BCUT2D eigenvalue weighted by Crippen LogP contribution is -2.32. The SMILES string of the molecule is [2H]c1c(C)c([2H])[n+](C)c(-c2ccc(C)cc2C)c1C. The van der Waals surface area contributed by atoms with Gasteiger partial charge in [-0.3, -0.25) is 0 Å². The molecular formula is C16H20N+. The molecule has 1 aromatic carbocycles. The van der Waals surface area contributed by atoms with E-state index < -0.39 is 0 Å². The molecule has 0 fully saturated rings. The molecule has 2 aromatic rings. The first-order chi connectivity index (χ1) is 8.84. The van der Waals surface area contributed by atoms with Crippen molar-refractivity contribution in [3.8, 4) is 11.3 Å². The monoisotopic (exact) mass is 228 g/mol. The van der Waals surface area contributed by atoms with Crippen molar-refractivity contribution in [1.82, 2.24) is 0 Å². The minimum Gasteiger partial charge on any atom is -0.201 e. The fourth-order valence-electron chi connectivity index (χ4n) is 2.39. The minimum atomic E-state index is 0.408. The molecule has 17 heavy (non-hydrogen) atoms. The van der Waals surface area contributed by atoms with Crippen molar-refractivity contribution in [1.29, 1.82) is 0 Å². The summed E-state index contributed by atoms with van der Waals surface area (Å²) in [5, 5.41) is 0. The summed E-state index contributed by atoms with van der Waals surface area (Å²) in [7, 11) is 1.90. The number of nitrogens with zero attached hydrogens (tertiary/aromatic N) is 1. The number of hydrogen-bond donors (Lipinski definition) is 0. The van der Waals surface area contributed by atoms with Crippen LogP contribution in [0.4, 0.5) is 0 Å². The fourth-order valence-corrected chi connectivity index (χ4v) is 2.39. The zero-order valence-electron chi connectivity index (χ0n) is 13.2. The van der Waals surface area contributed by atoms with Gasteiger partial charge in [-0.1, -0.05) is 17.7 Å². The Kier molecular flexibility index (Phi) is 2.39. The molecule has 0 amide bonds. The van der Waals surface area contributed by atoms with Crippen molar-refractivity contribution in [2.75, 3.05) is 0 Å². The topological polar surface area (TPSA) is 3.88 Å². The third-order valence-electron chi connectivity index (χ3n) is 3.04. The molecule has 0 radical (unpaired) electrons. The molecule has 0 saturated carbocycles. The Balaban J connectivity index is 2.83. The average Bonchev–Trinajstić information content (AvgIpc) is 2.37. The molecule has 1 heteroatoms. The second kappa shape index (κ2) is 4.33. The molecular weight excluding hydrogens is 206 g/mol. The maximum Gasteiger partial charge on any atom is 0.215 e. The molecule has 0 aliphatic heterocycles. The smallest absolute Gasteiger partial charge is 0.201 e. The molecule has 0 atom stereocenters. The first-order valence-corrected chi connectivity index (χ1v) is 5.88. The van der Waals surface area contributed by atoms with Gasteiger partial charge in [0.25, 0.3) is 0 Å². The minimum absolute atomic E-state index is 0.408. The number of benzene rings is 1. The summed E-state index contributed by atoms with van der Waals surface area (Å²) in [4.78, 5) is 0. The molecule has 0 aliphatic carbocycles. The Morgan fingerprint density at radius 3 is 2.35 bits per heavy atom. The van der Waals surface area contributed by atoms with Crippen molar-refractivity contribution in [2.24, 2.45) is 7.05 Å². The summed E-state index contributed by atoms with van der Waals surface area (Å²) in [5.74, 6) is 0. The Bertz CT molecular complexity index is 631. The number of aryl methyl sites for hydroxylation is 2. The van der Waals surface area contributed by atoms with E-state index in [1.54, 1.807) is 0 Å². The molecule has 0 unspecified atom stereocenters. The van der Waals surface area contributed by atoms with Crippen molar-refractivity contribution in [3.05, 3.63) is 52.7 Å². The van der Waals surface area contributed by atoms with Gasteiger partial charge >= 0.3 is 0 Å². The molecule has 1 nitrogen and oxygen atoms in total. The molecule has 1 aromatic heterocycles. The highest BCUT2D eigenvalue weighted by Gasteiger charge is 2.15. The van der Waals surface area contributed by atoms with Gasteiger partial charge < -0.3 is 0 Å². The first-order valence-electron chi connectivity index (χ1n) is 6.88. The van der Waals surface area contributed by atoms with E-state index >= 15 is 0 Å². The van der Waals surface area contributed by atoms with E-state index in [4.69, 9.17) is 2.74 Å². The molecule has 2 rings (SSSR count). The van der Waals surface area contributed by atoms with Crippen LogP contribution >= 0.6 is 0 Å². The van der Waals surface area contributed by atoms with E-state index in [-0.39, 0.29) is 0 Å². The molecule has 0 saturated heterocycles. The second-order valence-electron chi connectivity index (χ2n) is 4.71. The summed E-state index contributed by atoms with van der Waals surface area (Å²) in [6.07, 6.45) is 0.408. The molecule has 0 aliphatic rings. The van der Waals surface area contributed by atoms with Crippen LogP contribution in [0.2, 0.25) is 0 Å². The van der Waals surface area contributed by atoms with Crippen LogP contribution in [0.5, 0.6) is 0 Å². The van der Waals surface area contributed by atoms with Crippen molar-refractivity contribution in [3.63, 3.8) is 0 Å². The maximum atomic E-state index is 8.15. The number of rotatable bonds is 1. The molecule has 0 spiro atoms. The van der Waals surface area contributed by atoms with Gasteiger partial charge in [-0.2, -0.15) is 0 Å². The Morgan fingerprint density at radius 1 is 1.00 bits per heavy atom. The van der Waals surface area contributed by atoms with Gasteiger partial charge in [0.2, 0.25) is 5.69 Å². The van der Waals surface area contributed by atoms with Gasteiger partial charge in [-0.25, -0.2) is 4.57 Å². The van der Waals surface area contributed by atoms with Crippen LogP contribution in [0.1, 0.15) is 25.0 Å². The van der Waals surface area contributed by atoms with Crippen LogP contribution in [0.3, 0.4) is 0 Å². The van der Waals surface area contributed by atoms with Gasteiger partial charge in [0, 0.05) is 16.7 Å². The first kappa shape index (κ1) is 9.41. The lowest BCUT2D eigenvalue weighted by Gasteiger charge is -2.08. The Hall–Kier alpha value is -1.63. The third-order valence-corrected chi connectivity index (χ3v) is 3.04. The van der Waals surface area contributed by atoms with Crippen molar-refractivity contribution < 1.29 is 7.31 Å². The van der Waals surface area contributed by atoms with Gasteiger partial charge in [0.05, 0.1) is 1.37 Å². The summed E-state index contributed by atoms with van der Waals surface area (Å²) >= 11 is 0. The third kappa shape index (κ3) is 2.23. The van der Waals surface area contributed by atoms with Crippen LogP contribution in [0.25, 0.3) is 11.3 Å². The van der Waals surface area contributed by atoms with Gasteiger partial charge in [0.15, 0.2) is 6.17 Å². The highest BCUT2D eigenvalue weighted by atomic mass is 14.9. The van der Waals surface area contributed by atoms with Crippen molar-refractivity contribution in [2.45, 2.75) is 27.7 Å². The van der Waals surface area contributed by atoms with Gasteiger partial charge in [-0.05, 0) is 45.4 Å². The van der Waals surface area contributed by atoms with E-state index in [9.17, 15) is 0 Å². The second-order valence-corrected chi connectivity index (χ2v) is 4.71.